The molecule has 3 aromatic rings. The van der Waals surface area contributed by atoms with Crippen molar-refractivity contribution >= 4 is 11.7 Å². The Labute approximate surface area is 151 Å². The SMILES string of the molecule is Cc1noc(-c2ccc(C(=O)Nc3cc(C#N)cn3C(C)(C)C)cc2)n1. The molecule has 3 rings (SSSR count). The minimum absolute atomic E-state index is 0.258. The maximum atomic E-state index is 12.6. The van der Waals surface area contributed by atoms with E-state index < -0.39 is 0 Å². The fraction of sp³-hybridized carbons (Fsp3) is 0.263. The number of aromatic nitrogens is 3. The molecule has 26 heavy (non-hydrogen) atoms. The molecule has 0 bridgehead atoms. The van der Waals surface area contributed by atoms with Crippen molar-refractivity contribution in [1.82, 2.24) is 14.7 Å². The second-order valence-electron chi connectivity index (χ2n) is 6.94. The van der Waals surface area contributed by atoms with Gasteiger partial charge in [0.15, 0.2) is 5.82 Å². The molecule has 2 aromatic heterocycles. The number of hydrogen-bond donors (Lipinski definition) is 1. The standard InChI is InChI=1S/C19H19N5O2/c1-12-21-18(26-23-12)15-7-5-14(6-8-15)17(25)22-16-9-13(10-20)11-24(16)19(2,3)4/h5-9,11H,1-4H3,(H,22,25). The van der Waals surface area contributed by atoms with E-state index >= 15 is 0 Å². The molecule has 0 aliphatic rings. The number of anilines is 1. The van der Waals surface area contributed by atoms with Crippen LogP contribution >= 0.6 is 0 Å². The number of hydrogen-bond acceptors (Lipinski definition) is 5. The first-order chi connectivity index (χ1) is 12.3. The van der Waals surface area contributed by atoms with Crippen LogP contribution in [0.3, 0.4) is 0 Å². The van der Waals surface area contributed by atoms with Gasteiger partial charge in [0.25, 0.3) is 11.8 Å². The Balaban J connectivity index is 1.83. The van der Waals surface area contributed by atoms with Crippen LogP contribution < -0.4 is 5.32 Å². The fourth-order valence-corrected chi connectivity index (χ4v) is 2.54. The van der Waals surface area contributed by atoms with E-state index in [9.17, 15) is 4.79 Å². The molecule has 1 aromatic carbocycles. The Morgan fingerprint density at radius 3 is 2.50 bits per heavy atom. The lowest BCUT2D eigenvalue weighted by Gasteiger charge is -2.24. The van der Waals surface area contributed by atoms with E-state index in [2.05, 4.69) is 21.5 Å². The normalized spacial score (nSPS) is 11.2. The van der Waals surface area contributed by atoms with Crippen LogP contribution in [0.2, 0.25) is 0 Å². The first-order valence-electron chi connectivity index (χ1n) is 8.13. The summed E-state index contributed by atoms with van der Waals surface area (Å²) < 4.78 is 6.99. The van der Waals surface area contributed by atoms with Gasteiger partial charge in [0, 0.05) is 22.9 Å². The molecule has 7 heteroatoms. The Kier molecular flexibility index (Phi) is 4.34. The molecule has 0 unspecified atom stereocenters. The fourth-order valence-electron chi connectivity index (χ4n) is 2.54. The molecule has 0 radical (unpaired) electrons. The summed E-state index contributed by atoms with van der Waals surface area (Å²) in [5, 5.41) is 15.8. The van der Waals surface area contributed by atoms with Crippen LogP contribution in [0.25, 0.3) is 11.5 Å². The quantitative estimate of drug-likeness (QED) is 0.777. The topological polar surface area (TPSA) is 96.7 Å². The van der Waals surface area contributed by atoms with Crippen LogP contribution in [0.1, 0.15) is 42.5 Å². The lowest BCUT2D eigenvalue weighted by atomic mass is 10.1. The minimum atomic E-state index is -0.266. The average Bonchev–Trinajstić information content (AvgIpc) is 3.21. The highest BCUT2D eigenvalue weighted by Gasteiger charge is 2.19. The van der Waals surface area contributed by atoms with E-state index in [1.54, 1.807) is 43.5 Å². The summed E-state index contributed by atoms with van der Waals surface area (Å²) in [6.45, 7) is 7.76. The van der Waals surface area contributed by atoms with Gasteiger partial charge in [-0.1, -0.05) is 5.16 Å². The zero-order valence-corrected chi connectivity index (χ0v) is 15.1. The van der Waals surface area contributed by atoms with Crippen molar-refractivity contribution in [3.8, 4) is 17.5 Å². The van der Waals surface area contributed by atoms with Crippen molar-refractivity contribution in [1.29, 1.82) is 5.26 Å². The van der Waals surface area contributed by atoms with Crippen LogP contribution in [0.5, 0.6) is 0 Å². The predicted molar refractivity (Wildman–Crippen MR) is 96.6 cm³/mol. The number of carbonyl (C=O) groups is 1. The molecule has 0 fully saturated rings. The van der Waals surface area contributed by atoms with Crippen molar-refractivity contribution in [2.45, 2.75) is 33.2 Å². The van der Waals surface area contributed by atoms with E-state index in [1.807, 2.05) is 25.3 Å². The van der Waals surface area contributed by atoms with Gasteiger partial charge in [-0.2, -0.15) is 10.2 Å². The van der Waals surface area contributed by atoms with E-state index in [-0.39, 0.29) is 11.4 Å². The lowest BCUT2D eigenvalue weighted by molar-refractivity contribution is 0.102. The summed E-state index contributed by atoms with van der Waals surface area (Å²) >= 11 is 0. The first-order valence-corrected chi connectivity index (χ1v) is 8.13. The number of amides is 1. The van der Waals surface area contributed by atoms with Crippen LogP contribution in [-0.4, -0.2) is 20.6 Å². The molecular weight excluding hydrogens is 330 g/mol. The average molecular weight is 349 g/mol. The molecule has 0 aliphatic carbocycles. The van der Waals surface area contributed by atoms with Gasteiger partial charge < -0.3 is 14.4 Å². The molecule has 0 spiro atoms. The van der Waals surface area contributed by atoms with Crippen LogP contribution in [0.4, 0.5) is 5.82 Å². The zero-order valence-electron chi connectivity index (χ0n) is 15.1. The summed E-state index contributed by atoms with van der Waals surface area (Å²) in [6, 6.07) is 10.7. The minimum Gasteiger partial charge on any atom is -0.334 e. The summed E-state index contributed by atoms with van der Waals surface area (Å²) in [7, 11) is 0. The van der Waals surface area contributed by atoms with E-state index in [1.165, 1.54) is 0 Å². The third kappa shape index (κ3) is 3.49. The maximum absolute atomic E-state index is 12.6. The van der Waals surface area contributed by atoms with Gasteiger partial charge >= 0.3 is 0 Å². The van der Waals surface area contributed by atoms with E-state index in [0.717, 1.165) is 5.56 Å². The molecule has 2 heterocycles. The zero-order chi connectivity index (χ0) is 18.9. The van der Waals surface area contributed by atoms with Gasteiger partial charge in [-0.05, 0) is 58.0 Å². The second kappa shape index (κ2) is 6.48. The maximum Gasteiger partial charge on any atom is 0.257 e. The van der Waals surface area contributed by atoms with E-state index in [4.69, 9.17) is 9.78 Å². The van der Waals surface area contributed by atoms with E-state index in [0.29, 0.717) is 28.7 Å². The molecule has 1 amide bonds. The molecule has 7 nitrogen and oxygen atoms in total. The summed E-state index contributed by atoms with van der Waals surface area (Å²) in [6.07, 6.45) is 1.73. The third-order valence-electron chi connectivity index (χ3n) is 3.83. The summed E-state index contributed by atoms with van der Waals surface area (Å²) in [4.78, 5) is 16.7. The van der Waals surface area contributed by atoms with Gasteiger partial charge in [-0.3, -0.25) is 4.79 Å². The third-order valence-corrected chi connectivity index (χ3v) is 3.83. The lowest BCUT2D eigenvalue weighted by Crippen LogP contribution is -2.24. The Morgan fingerprint density at radius 2 is 1.96 bits per heavy atom. The van der Waals surface area contributed by atoms with Gasteiger partial charge in [0.1, 0.15) is 11.9 Å². The molecule has 1 N–H and O–H groups in total. The predicted octanol–water partition coefficient (Wildman–Crippen LogP) is 3.73. The van der Waals surface area contributed by atoms with Crippen LogP contribution in [0.15, 0.2) is 41.1 Å². The van der Waals surface area contributed by atoms with Gasteiger partial charge in [-0.25, -0.2) is 0 Å². The smallest absolute Gasteiger partial charge is 0.257 e. The number of nitrogens with zero attached hydrogens (tertiary/aromatic N) is 4. The van der Waals surface area contributed by atoms with Crippen molar-refractivity contribution < 1.29 is 9.32 Å². The van der Waals surface area contributed by atoms with Crippen LogP contribution in [-0.2, 0) is 5.54 Å². The summed E-state index contributed by atoms with van der Waals surface area (Å²) in [5.74, 6) is 1.29. The van der Waals surface area contributed by atoms with Gasteiger partial charge in [0.2, 0.25) is 0 Å². The largest absolute Gasteiger partial charge is 0.334 e. The number of carbonyl (C=O) groups excluding carboxylic acids is 1. The molecule has 0 saturated carbocycles. The highest BCUT2D eigenvalue weighted by atomic mass is 16.5. The second-order valence-corrected chi connectivity index (χ2v) is 6.94. The van der Waals surface area contributed by atoms with Crippen LogP contribution in [0, 0.1) is 18.3 Å². The summed E-state index contributed by atoms with van der Waals surface area (Å²) in [5.41, 5.74) is 1.46. The van der Waals surface area contributed by atoms with Crippen molar-refractivity contribution in [3.63, 3.8) is 0 Å². The monoisotopic (exact) mass is 349 g/mol. The number of nitriles is 1. The molecule has 0 atom stereocenters. The molecule has 0 saturated heterocycles. The molecule has 0 aliphatic heterocycles. The highest BCUT2D eigenvalue weighted by Crippen LogP contribution is 2.25. The van der Waals surface area contributed by atoms with Crippen molar-refractivity contribution in [2.24, 2.45) is 0 Å². The highest BCUT2D eigenvalue weighted by molar-refractivity contribution is 6.04. The Morgan fingerprint density at radius 1 is 1.27 bits per heavy atom. The molecule has 132 valence electrons. The number of rotatable bonds is 3. The Hall–Kier alpha value is -3.40. The van der Waals surface area contributed by atoms with Crippen molar-refractivity contribution in [2.75, 3.05) is 5.32 Å². The number of nitrogens with one attached hydrogen (secondary N) is 1. The Bertz CT molecular complexity index is 984. The van der Waals surface area contributed by atoms with Gasteiger partial charge in [0.05, 0.1) is 5.56 Å². The number of benzene rings is 1. The molecular formula is C19H19N5O2. The van der Waals surface area contributed by atoms with Gasteiger partial charge in [-0.15, -0.1) is 0 Å². The first kappa shape index (κ1) is 17.4. The number of aryl methyl sites for hydroxylation is 1. The van der Waals surface area contributed by atoms with Crippen molar-refractivity contribution in [3.05, 3.63) is 53.5 Å².